The molecule has 2 aromatic carbocycles. The van der Waals surface area contributed by atoms with Crippen LogP contribution in [0.15, 0.2) is 64.2 Å². The van der Waals surface area contributed by atoms with Crippen LogP contribution in [0.3, 0.4) is 0 Å². The number of nitrogens with two attached hydrogens (primary N) is 1. The molecule has 0 spiro atoms. The summed E-state index contributed by atoms with van der Waals surface area (Å²) in [5, 5.41) is 13.8. The summed E-state index contributed by atoms with van der Waals surface area (Å²) in [6.07, 6.45) is -0.727. The summed E-state index contributed by atoms with van der Waals surface area (Å²) < 4.78 is 0.754. The third-order valence-corrected chi connectivity index (χ3v) is 5.49. The number of carboxylic acids is 1. The smallest absolute Gasteiger partial charge is 0.329 e. The summed E-state index contributed by atoms with van der Waals surface area (Å²) in [4.78, 5) is 77.5. The number of carbonyl (C=O) groups excluding carboxylic acids is 3. The van der Waals surface area contributed by atoms with Crippen molar-refractivity contribution in [2.75, 3.05) is 0 Å². The fourth-order valence-corrected chi connectivity index (χ4v) is 3.65. The van der Waals surface area contributed by atoms with E-state index in [1.165, 1.54) is 13.0 Å². The highest BCUT2D eigenvalue weighted by molar-refractivity contribution is 5.94. The number of benzene rings is 2. The van der Waals surface area contributed by atoms with Gasteiger partial charge in [0.2, 0.25) is 17.7 Å². The second-order valence-electron chi connectivity index (χ2n) is 8.16. The van der Waals surface area contributed by atoms with Gasteiger partial charge in [-0.1, -0.05) is 42.5 Å². The molecule has 0 bridgehead atoms. The van der Waals surface area contributed by atoms with E-state index < -0.39 is 59.5 Å². The Hall–Kier alpha value is -4.74. The van der Waals surface area contributed by atoms with Crippen LogP contribution in [0, 0.1) is 0 Å². The number of aromatic amines is 1. The molecule has 0 fully saturated rings. The highest BCUT2D eigenvalue weighted by atomic mass is 16.4. The minimum Gasteiger partial charge on any atom is -0.480 e. The molecule has 12 heteroatoms. The highest BCUT2D eigenvalue weighted by Crippen LogP contribution is 2.14. The average Bonchev–Trinajstić information content (AvgIpc) is 2.83. The van der Waals surface area contributed by atoms with Crippen LogP contribution in [0.5, 0.6) is 0 Å². The van der Waals surface area contributed by atoms with Crippen molar-refractivity contribution in [2.24, 2.45) is 5.73 Å². The van der Waals surface area contributed by atoms with Crippen LogP contribution >= 0.6 is 0 Å². The molecule has 0 saturated heterocycles. The molecule has 1 heterocycles. The number of aliphatic carboxylic acids is 1. The highest BCUT2D eigenvalue weighted by Gasteiger charge is 2.31. The zero-order valence-corrected chi connectivity index (χ0v) is 19.3. The number of nitrogens with one attached hydrogen (secondary N) is 3. The lowest BCUT2D eigenvalue weighted by Crippen LogP contribution is -2.54. The van der Waals surface area contributed by atoms with Gasteiger partial charge in [0.1, 0.15) is 18.1 Å². The molecule has 188 valence electrons. The van der Waals surface area contributed by atoms with E-state index >= 15 is 0 Å². The van der Waals surface area contributed by atoms with Crippen molar-refractivity contribution in [3.05, 3.63) is 81.0 Å². The Morgan fingerprint density at radius 1 is 0.972 bits per heavy atom. The number of carboxylic acid groups (broad SMARTS) is 1. The number of H-pyrrole nitrogens is 1. The summed E-state index contributed by atoms with van der Waals surface area (Å²) >= 11 is 0. The Morgan fingerprint density at radius 3 is 2.25 bits per heavy atom. The van der Waals surface area contributed by atoms with Crippen LogP contribution in [0.2, 0.25) is 0 Å². The number of primary amides is 1. The van der Waals surface area contributed by atoms with E-state index in [1.54, 1.807) is 48.5 Å². The number of amides is 3. The zero-order chi connectivity index (χ0) is 26.4. The molecule has 3 atom stereocenters. The second kappa shape index (κ2) is 11.1. The fraction of sp³-hybridized carbons (Fsp3) is 0.250. The van der Waals surface area contributed by atoms with Gasteiger partial charge in [0.15, 0.2) is 0 Å². The first kappa shape index (κ1) is 25.9. The number of hydrogen-bond acceptors (Lipinski definition) is 6. The first-order chi connectivity index (χ1) is 17.1. The predicted octanol–water partition coefficient (Wildman–Crippen LogP) is -0.577. The van der Waals surface area contributed by atoms with Crippen molar-refractivity contribution in [3.8, 4) is 0 Å². The Kier molecular flexibility index (Phi) is 8.00. The molecule has 3 rings (SSSR count). The Morgan fingerprint density at radius 2 is 1.61 bits per heavy atom. The van der Waals surface area contributed by atoms with Crippen molar-refractivity contribution < 1.29 is 24.3 Å². The number of aromatic nitrogens is 2. The molecule has 0 unspecified atom stereocenters. The molecule has 1 aromatic heterocycles. The summed E-state index contributed by atoms with van der Waals surface area (Å²) in [7, 11) is 0. The molecule has 6 N–H and O–H groups in total. The van der Waals surface area contributed by atoms with Crippen molar-refractivity contribution in [1.82, 2.24) is 20.2 Å². The first-order valence-electron chi connectivity index (χ1n) is 11.0. The van der Waals surface area contributed by atoms with Gasteiger partial charge in [-0.25, -0.2) is 9.36 Å². The van der Waals surface area contributed by atoms with Gasteiger partial charge in [-0.15, -0.1) is 0 Å². The number of fused-ring (bicyclic) bond motifs is 1. The van der Waals surface area contributed by atoms with Gasteiger partial charge in [0.05, 0.1) is 17.3 Å². The van der Waals surface area contributed by atoms with E-state index in [1.807, 2.05) is 0 Å². The van der Waals surface area contributed by atoms with Gasteiger partial charge in [0, 0.05) is 6.42 Å². The molecule has 3 aromatic rings. The molecule has 0 aliphatic heterocycles. The molecular weight excluding hydrogens is 470 g/mol. The Labute approximate surface area is 204 Å². The third-order valence-electron chi connectivity index (χ3n) is 5.49. The molecule has 0 radical (unpaired) electrons. The summed E-state index contributed by atoms with van der Waals surface area (Å²) in [5.41, 5.74) is 4.56. The lowest BCUT2D eigenvalue weighted by molar-refractivity contribution is -0.141. The van der Waals surface area contributed by atoms with Crippen molar-refractivity contribution in [1.29, 1.82) is 0 Å². The molecule has 3 amide bonds. The lowest BCUT2D eigenvalue weighted by atomic mass is 10.0. The quantitative estimate of drug-likeness (QED) is 0.248. The van der Waals surface area contributed by atoms with E-state index in [9.17, 15) is 28.8 Å². The molecule has 36 heavy (non-hydrogen) atoms. The predicted molar refractivity (Wildman–Crippen MR) is 129 cm³/mol. The van der Waals surface area contributed by atoms with Crippen LogP contribution in [0.25, 0.3) is 10.9 Å². The summed E-state index contributed by atoms with van der Waals surface area (Å²) in [6, 6.07) is 10.6. The molecule has 0 aliphatic carbocycles. The normalized spacial score (nSPS) is 13.4. The number of nitrogens with zero attached hydrogens (tertiary/aromatic N) is 1. The Balaban J connectivity index is 2.04. The van der Waals surface area contributed by atoms with E-state index in [0.717, 1.165) is 4.57 Å². The van der Waals surface area contributed by atoms with Gasteiger partial charge in [-0.3, -0.25) is 24.0 Å². The summed E-state index contributed by atoms with van der Waals surface area (Å²) in [5.74, 6) is -4.14. The molecule has 12 nitrogen and oxygen atoms in total. The minimum absolute atomic E-state index is 0.0928. The van der Waals surface area contributed by atoms with Gasteiger partial charge in [-0.05, 0) is 24.6 Å². The maximum atomic E-state index is 13.4. The number of para-hydroxylation sites is 1. The van der Waals surface area contributed by atoms with E-state index in [2.05, 4.69) is 15.6 Å². The fourth-order valence-electron chi connectivity index (χ4n) is 3.65. The van der Waals surface area contributed by atoms with Crippen LogP contribution in [-0.4, -0.2) is 50.4 Å². The van der Waals surface area contributed by atoms with Crippen LogP contribution < -0.4 is 27.6 Å². The SMILES string of the molecule is C[C@H](NC(=O)[C@H](CC(N)=O)NC(=O)[C@H](Cc1ccccc1)n1c(=O)[nH]c2ccccc2c1=O)C(=O)O. The van der Waals surface area contributed by atoms with Crippen LogP contribution in [0.1, 0.15) is 24.9 Å². The van der Waals surface area contributed by atoms with Crippen LogP contribution in [-0.2, 0) is 25.6 Å². The van der Waals surface area contributed by atoms with E-state index in [-0.39, 0.29) is 17.3 Å². The number of carbonyl (C=O) groups is 4. The lowest BCUT2D eigenvalue weighted by Gasteiger charge is -2.23. The van der Waals surface area contributed by atoms with E-state index in [0.29, 0.717) is 5.56 Å². The largest absolute Gasteiger partial charge is 0.480 e. The first-order valence-corrected chi connectivity index (χ1v) is 11.0. The monoisotopic (exact) mass is 495 g/mol. The van der Waals surface area contributed by atoms with Crippen molar-refractivity contribution in [2.45, 2.75) is 37.9 Å². The maximum absolute atomic E-state index is 13.4. The molecule has 0 saturated carbocycles. The molecular formula is C24H25N5O7. The minimum atomic E-state index is -1.54. The molecule has 0 aliphatic rings. The van der Waals surface area contributed by atoms with Gasteiger partial charge < -0.3 is 26.5 Å². The zero-order valence-electron chi connectivity index (χ0n) is 19.3. The third kappa shape index (κ3) is 6.03. The summed E-state index contributed by atoms with van der Waals surface area (Å²) in [6.45, 7) is 1.20. The topological polar surface area (TPSA) is 193 Å². The Bertz CT molecular complexity index is 1410. The van der Waals surface area contributed by atoms with E-state index in [4.69, 9.17) is 10.8 Å². The van der Waals surface area contributed by atoms with Gasteiger partial charge in [0.25, 0.3) is 5.56 Å². The second-order valence-corrected chi connectivity index (χ2v) is 8.16. The van der Waals surface area contributed by atoms with Crippen molar-refractivity contribution in [3.63, 3.8) is 0 Å². The van der Waals surface area contributed by atoms with Gasteiger partial charge in [-0.2, -0.15) is 0 Å². The average molecular weight is 495 g/mol. The number of hydrogen-bond donors (Lipinski definition) is 5. The van der Waals surface area contributed by atoms with Crippen LogP contribution in [0.4, 0.5) is 0 Å². The maximum Gasteiger partial charge on any atom is 0.329 e. The number of rotatable bonds is 10. The van der Waals surface area contributed by atoms with Crippen molar-refractivity contribution >= 4 is 34.6 Å². The standard InChI is InChI=1S/C24H25N5O7/c1-13(23(34)35)26-20(31)17(12-19(25)30)27-21(32)18(11-14-7-3-2-4-8-14)29-22(33)15-9-5-6-10-16(15)28-24(29)36/h2-10,13,17-18H,11-12H2,1H3,(H2,25,30)(H,26,31)(H,27,32)(H,28,36)(H,34,35)/t13-,17-,18-/m0/s1. The van der Waals surface area contributed by atoms with Gasteiger partial charge >= 0.3 is 11.7 Å².